The molecule has 2 N–H and O–H groups in total. The van der Waals surface area contributed by atoms with E-state index >= 15 is 0 Å². The molecule has 0 unspecified atom stereocenters. The van der Waals surface area contributed by atoms with Gasteiger partial charge in [-0.1, -0.05) is 36.4 Å². The average Bonchev–Trinajstić information content (AvgIpc) is 3.44. The Morgan fingerprint density at radius 1 is 0.925 bits per heavy atom. The monoisotopic (exact) mass is 560 g/mol. The number of aliphatic carboxylic acids is 1. The minimum absolute atomic E-state index is 0.158. The first-order valence-corrected chi connectivity index (χ1v) is 13.5. The second-order valence-electron chi connectivity index (χ2n) is 8.67. The molecule has 0 saturated heterocycles. The van der Waals surface area contributed by atoms with Crippen molar-refractivity contribution < 1.29 is 24.3 Å². The first-order chi connectivity index (χ1) is 19.5. The molecule has 0 spiro atoms. The summed E-state index contributed by atoms with van der Waals surface area (Å²) in [7, 11) is 0. The number of benzene rings is 3. The Bertz CT molecular complexity index is 1440. The Hall–Kier alpha value is -4.77. The summed E-state index contributed by atoms with van der Waals surface area (Å²) in [6.45, 7) is 1.30. The summed E-state index contributed by atoms with van der Waals surface area (Å²) in [4.78, 5) is 26.8. The third kappa shape index (κ3) is 8.37. The lowest BCUT2D eigenvalue weighted by Gasteiger charge is -2.08. The van der Waals surface area contributed by atoms with Gasteiger partial charge >= 0.3 is 5.97 Å². The van der Waals surface area contributed by atoms with E-state index in [1.54, 1.807) is 6.07 Å². The fourth-order valence-corrected chi connectivity index (χ4v) is 4.42. The highest BCUT2D eigenvalue weighted by atomic mass is 32.1. The number of anilines is 1. The lowest BCUT2D eigenvalue weighted by atomic mass is 10.1. The first kappa shape index (κ1) is 28.2. The second-order valence-corrected chi connectivity index (χ2v) is 9.53. The van der Waals surface area contributed by atoms with Crippen LogP contribution in [0.1, 0.15) is 24.8 Å². The van der Waals surface area contributed by atoms with Gasteiger partial charge in [0.25, 0.3) is 5.69 Å². The summed E-state index contributed by atoms with van der Waals surface area (Å²) in [5.74, 6) is 0.373. The first-order valence-electron chi connectivity index (χ1n) is 12.6. The van der Waals surface area contributed by atoms with Crippen LogP contribution in [0.2, 0.25) is 0 Å². The maximum Gasteiger partial charge on any atom is 0.352 e. The summed E-state index contributed by atoms with van der Waals surface area (Å²) >= 11 is 1.27. The molecule has 0 bridgehead atoms. The van der Waals surface area contributed by atoms with Crippen LogP contribution in [-0.4, -0.2) is 39.9 Å². The molecule has 3 aromatic carbocycles. The second kappa shape index (κ2) is 14.4. The number of thiazole rings is 1. The molecule has 0 aliphatic rings. The van der Waals surface area contributed by atoms with E-state index < -0.39 is 10.9 Å². The Balaban J connectivity index is 1.24. The van der Waals surface area contributed by atoms with Crippen molar-refractivity contribution in [1.82, 2.24) is 4.98 Å². The number of carbonyl (C=O) groups is 1. The van der Waals surface area contributed by atoms with Crippen LogP contribution in [-0.2, 0) is 11.2 Å². The van der Waals surface area contributed by atoms with Gasteiger partial charge in [-0.15, -0.1) is 11.3 Å². The minimum Gasteiger partial charge on any atom is -0.494 e. The fraction of sp³-hybridized carbons (Fsp3) is 0.207. The number of para-hydroxylation sites is 2. The van der Waals surface area contributed by atoms with E-state index in [0.29, 0.717) is 24.0 Å². The summed E-state index contributed by atoms with van der Waals surface area (Å²) < 4.78 is 11.5. The van der Waals surface area contributed by atoms with Crippen LogP contribution in [0.3, 0.4) is 0 Å². The highest BCUT2D eigenvalue weighted by molar-refractivity contribution is 7.14. The molecular weight excluding hydrogens is 532 g/mol. The van der Waals surface area contributed by atoms with E-state index in [-0.39, 0.29) is 23.4 Å². The zero-order valence-electron chi connectivity index (χ0n) is 21.6. The van der Waals surface area contributed by atoms with Crippen molar-refractivity contribution >= 4 is 33.8 Å². The van der Waals surface area contributed by atoms with Gasteiger partial charge in [-0.3, -0.25) is 15.5 Å². The number of nitrogens with zero attached hydrogens (tertiary/aromatic N) is 3. The van der Waals surface area contributed by atoms with E-state index in [9.17, 15) is 20.0 Å². The van der Waals surface area contributed by atoms with Crippen molar-refractivity contribution in [2.75, 3.05) is 18.6 Å². The summed E-state index contributed by atoms with van der Waals surface area (Å²) in [6, 6.07) is 23.3. The number of hydrogen-bond acceptors (Lipinski definition) is 9. The summed E-state index contributed by atoms with van der Waals surface area (Å²) in [6.07, 6.45) is 2.69. The molecule has 40 heavy (non-hydrogen) atoms. The van der Waals surface area contributed by atoms with E-state index in [4.69, 9.17) is 9.47 Å². The number of carboxylic acids is 1. The van der Waals surface area contributed by atoms with Gasteiger partial charge in [0.15, 0.2) is 0 Å². The molecule has 0 fully saturated rings. The van der Waals surface area contributed by atoms with Gasteiger partial charge in [0.1, 0.15) is 17.2 Å². The summed E-state index contributed by atoms with van der Waals surface area (Å²) in [5.41, 5.74) is 4.07. The van der Waals surface area contributed by atoms with Crippen molar-refractivity contribution in [1.29, 1.82) is 0 Å². The number of hydrogen-bond donors (Lipinski definition) is 2. The molecule has 1 heterocycles. The number of nitro groups is 1. The Morgan fingerprint density at radius 3 is 2.25 bits per heavy atom. The number of hydrazone groups is 1. The molecule has 0 amide bonds. The average molecular weight is 561 g/mol. The minimum atomic E-state index is -1.28. The highest BCUT2D eigenvalue weighted by Crippen LogP contribution is 2.27. The molecule has 4 aromatic rings. The molecule has 0 aliphatic carbocycles. The normalized spacial score (nSPS) is 11.2. The van der Waals surface area contributed by atoms with Crippen LogP contribution >= 0.6 is 11.3 Å². The van der Waals surface area contributed by atoms with Gasteiger partial charge < -0.3 is 14.6 Å². The largest absolute Gasteiger partial charge is 0.494 e. The number of aromatic nitrogens is 1. The van der Waals surface area contributed by atoms with Crippen molar-refractivity contribution in [3.63, 3.8) is 0 Å². The highest BCUT2D eigenvalue weighted by Gasteiger charge is 2.18. The van der Waals surface area contributed by atoms with Crippen molar-refractivity contribution in [3.8, 4) is 22.8 Å². The van der Waals surface area contributed by atoms with Crippen LogP contribution in [0.4, 0.5) is 10.8 Å². The molecule has 0 atom stereocenters. The Morgan fingerprint density at radius 2 is 1.57 bits per heavy atom. The number of rotatable bonds is 15. The standard InChI is InChI=1S/C29H28N4O6S/c34-28(35)25(19-22-9-5-6-12-27(22)33(36)37)31-32-29-30-26(20-40-29)21-13-15-24(16-14-21)39-18-8-2-7-17-38-23-10-3-1-4-11-23/h1,3-6,9-16,20H,2,7-8,17-19H2,(H,30,32)(H,34,35). The van der Waals surface area contributed by atoms with Crippen molar-refractivity contribution in [2.24, 2.45) is 5.10 Å². The lowest BCUT2D eigenvalue weighted by molar-refractivity contribution is -0.385. The molecule has 10 nitrogen and oxygen atoms in total. The Kier molecular flexibility index (Phi) is 10.2. The smallest absolute Gasteiger partial charge is 0.352 e. The maximum atomic E-state index is 11.7. The molecule has 1 aromatic heterocycles. The van der Waals surface area contributed by atoms with Gasteiger partial charge in [0.2, 0.25) is 5.13 Å². The number of nitro benzene ring substituents is 1. The third-order valence-corrected chi connectivity index (χ3v) is 6.55. The van der Waals surface area contributed by atoms with Gasteiger partial charge in [0, 0.05) is 29.0 Å². The lowest BCUT2D eigenvalue weighted by Crippen LogP contribution is -2.18. The van der Waals surface area contributed by atoms with Gasteiger partial charge in [-0.25, -0.2) is 9.78 Å². The summed E-state index contributed by atoms with van der Waals surface area (Å²) in [5, 5.41) is 26.9. The molecule has 0 aliphatic heterocycles. The number of carboxylic acid groups (broad SMARTS) is 1. The topological polar surface area (TPSA) is 136 Å². The van der Waals surface area contributed by atoms with Crippen LogP contribution in [0.5, 0.6) is 11.5 Å². The van der Waals surface area contributed by atoms with E-state index in [2.05, 4.69) is 15.5 Å². The van der Waals surface area contributed by atoms with Gasteiger partial charge in [-0.2, -0.15) is 5.10 Å². The van der Waals surface area contributed by atoms with E-state index in [1.165, 1.54) is 29.5 Å². The molecular formula is C29H28N4O6S. The quantitative estimate of drug-likeness (QED) is 0.0733. The zero-order valence-corrected chi connectivity index (χ0v) is 22.4. The molecule has 0 radical (unpaired) electrons. The van der Waals surface area contributed by atoms with Crippen LogP contribution in [0.25, 0.3) is 11.3 Å². The van der Waals surface area contributed by atoms with Crippen molar-refractivity contribution in [3.05, 3.63) is 99.9 Å². The predicted octanol–water partition coefficient (Wildman–Crippen LogP) is 6.44. The molecule has 206 valence electrons. The number of unbranched alkanes of at least 4 members (excludes halogenated alkanes) is 2. The SMILES string of the molecule is O=C(O)C(Cc1ccccc1[N+](=O)[O-])=NNc1nc(-c2ccc(OCCCCCOc3ccccc3)cc2)cs1. The molecule has 4 rings (SSSR count). The molecule has 11 heteroatoms. The fourth-order valence-electron chi connectivity index (χ4n) is 3.75. The predicted molar refractivity (Wildman–Crippen MR) is 154 cm³/mol. The van der Waals surface area contributed by atoms with E-state index in [0.717, 1.165) is 36.3 Å². The van der Waals surface area contributed by atoms with Crippen LogP contribution < -0.4 is 14.9 Å². The third-order valence-electron chi connectivity index (χ3n) is 5.80. The Labute approximate surface area is 235 Å². The van der Waals surface area contributed by atoms with Crippen LogP contribution in [0.15, 0.2) is 89.3 Å². The zero-order chi connectivity index (χ0) is 28.2. The number of ether oxygens (including phenoxy) is 2. The maximum absolute atomic E-state index is 11.7. The number of nitrogens with one attached hydrogen (secondary N) is 1. The van der Waals surface area contributed by atoms with E-state index in [1.807, 2.05) is 60.0 Å². The van der Waals surface area contributed by atoms with Gasteiger partial charge in [0.05, 0.1) is 23.8 Å². The van der Waals surface area contributed by atoms with Gasteiger partial charge in [-0.05, 0) is 55.7 Å². The van der Waals surface area contributed by atoms with Crippen LogP contribution in [0, 0.1) is 10.1 Å². The van der Waals surface area contributed by atoms with Crippen molar-refractivity contribution in [2.45, 2.75) is 25.7 Å². The molecule has 0 saturated carbocycles.